The molecule has 0 saturated carbocycles. The van der Waals surface area contributed by atoms with Gasteiger partial charge >= 0.3 is 5.97 Å². The number of amides is 1. The number of aryl methyl sites for hydroxylation is 1. The summed E-state index contributed by atoms with van der Waals surface area (Å²) in [6.45, 7) is 4.49. The Morgan fingerprint density at radius 2 is 2.14 bits per heavy atom. The third kappa shape index (κ3) is 5.12. The number of benzene rings is 1. The van der Waals surface area contributed by atoms with Crippen LogP contribution in [0.3, 0.4) is 0 Å². The van der Waals surface area contributed by atoms with Gasteiger partial charge in [0.25, 0.3) is 11.5 Å². The van der Waals surface area contributed by atoms with Gasteiger partial charge in [0, 0.05) is 19.3 Å². The second kappa shape index (κ2) is 9.52. The Kier molecular flexibility index (Phi) is 6.82. The maximum Gasteiger partial charge on any atom is 0.337 e. The van der Waals surface area contributed by atoms with E-state index in [1.807, 2.05) is 6.07 Å². The number of hydrogen-bond donors (Lipinski definition) is 2. The molecule has 1 aliphatic rings. The molecule has 2 aromatic rings. The van der Waals surface area contributed by atoms with E-state index >= 15 is 0 Å². The van der Waals surface area contributed by atoms with Gasteiger partial charge < -0.3 is 19.9 Å². The maximum absolute atomic E-state index is 12.9. The quantitative estimate of drug-likeness (QED) is 0.727. The summed E-state index contributed by atoms with van der Waals surface area (Å²) in [6, 6.07) is 8.66. The molecule has 1 aliphatic heterocycles. The van der Waals surface area contributed by atoms with Crippen LogP contribution in [0.25, 0.3) is 0 Å². The molecule has 1 aromatic carbocycles. The molecule has 0 bridgehead atoms. The lowest BCUT2D eigenvalue weighted by atomic mass is 9.99. The van der Waals surface area contributed by atoms with Crippen molar-refractivity contribution in [2.24, 2.45) is 5.92 Å². The summed E-state index contributed by atoms with van der Waals surface area (Å²) in [5.74, 6) is -0.453. The number of hydrogen-bond acceptors (Lipinski definition) is 5. The van der Waals surface area contributed by atoms with Gasteiger partial charge in [0.05, 0.1) is 12.7 Å². The molecule has 7 heteroatoms. The van der Waals surface area contributed by atoms with Crippen molar-refractivity contribution in [3.05, 3.63) is 69.1 Å². The highest BCUT2D eigenvalue weighted by atomic mass is 16.5. The van der Waals surface area contributed by atoms with E-state index in [2.05, 4.69) is 10.6 Å². The summed E-state index contributed by atoms with van der Waals surface area (Å²) in [7, 11) is 1.32. The SMILES string of the molecule is COC(=O)c1cccc(CNC(=O)c2c(C)ccn(CC3CCCNC3)c2=O)c1. The van der Waals surface area contributed by atoms with Crippen molar-refractivity contribution in [2.45, 2.75) is 32.9 Å². The normalized spacial score (nSPS) is 16.3. The second-order valence-electron chi connectivity index (χ2n) is 7.42. The number of rotatable bonds is 6. The van der Waals surface area contributed by atoms with Crippen molar-refractivity contribution >= 4 is 11.9 Å². The van der Waals surface area contributed by atoms with E-state index in [0.29, 0.717) is 23.6 Å². The standard InChI is InChI=1S/C22H27N3O4/c1-15-8-10-25(14-17-6-4-9-23-12-17)21(27)19(15)20(26)24-13-16-5-3-7-18(11-16)22(28)29-2/h3,5,7-8,10-11,17,23H,4,6,9,12-14H2,1-2H3,(H,24,26). The number of methoxy groups -OCH3 is 1. The first kappa shape index (κ1) is 20.8. The van der Waals surface area contributed by atoms with E-state index in [9.17, 15) is 14.4 Å². The molecule has 0 radical (unpaired) electrons. The van der Waals surface area contributed by atoms with Crippen LogP contribution in [0.4, 0.5) is 0 Å². The Balaban J connectivity index is 1.72. The van der Waals surface area contributed by atoms with Gasteiger partial charge in [-0.15, -0.1) is 0 Å². The average molecular weight is 397 g/mol. The van der Waals surface area contributed by atoms with Crippen LogP contribution in [-0.2, 0) is 17.8 Å². The molecule has 1 aromatic heterocycles. The van der Waals surface area contributed by atoms with Crippen molar-refractivity contribution in [2.75, 3.05) is 20.2 Å². The summed E-state index contributed by atoms with van der Waals surface area (Å²) in [6.07, 6.45) is 3.94. The Morgan fingerprint density at radius 1 is 1.31 bits per heavy atom. The van der Waals surface area contributed by atoms with Crippen LogP contribution in [0.15, 0.2) is 41.3 Å². The molecular formula is C22H27N3O4. The zero-order valence-corrected chi connectivity index (χ0v) is 16.9. The highest BCUT2D eigenvalue weighted by molar-refractivity contribution is 5.95. The number of piperidine rings is 1. The first-order valence-electron chi connectivity index (χ1n) is 9.86. The zero-order chi connectivity index (χ0) is 20.8. The van der Waals surface area contributed by atoms with Gasteiger partial charge in [0.2, 0.25) is 0 Å². The van der Waals surface area contributed by atoms with Crippen molar-refractivity contribution in [1.29, 1.82) is 0 Å². The minimum atomic E-state index is -0.433. The van der Waals surface area contributed by atoms with E-state index < -0.39 is 11.9 Å². The largest absolute Gasteiger partial charge is 0.465 e. The van der Waals surface area contributed by atoms with Gasteiger partial charge in [-0.2, -0.15) is 0 Å². The summed E-state index contributed by atoms with van der Waals surface area (Å²) in [4.78, 5) is 37.3. The number of pyridine rings is 1. The minimum Gasteiger partial charge on any atom is -0.465 e. The van der Waals surface area contributed by atoms with Gasteiger partial charge in [-0.25, -0.2) is 4.79 Å². The molecule has 154 valence electrons. The molecule has 1 amide bonds. The van der Waals surface area contributed by atoms with Crippen LogP contribution >= 0.6 is 0 Å². The van der Waals surface area contributed by atoms with Gasteiger partial charge in [-0.3, -0.25) is 9.59 Å². The molecule has 2 heterocycles. The third-order valence-electron chi connectivity index (χ3n) is 5.26. The van der Waals surface area contributed by atoms with Gasteiger partial charge in [0.15, 0.2) is 0 Å². The predicted molar refractivity (Wildman–Crippen MR) is 110 cm³/mol. The number of carbonyl (C=O) groups excluding carboxylic acids is 2. The van der Waals surface area contributed by atoms with Crippen LogP contribution in [0.1, 0.15) is 44.7 Å². The fourth-order valence-corrected chi connectivity index (χ4v) is 3.64. The number of nitrogens with zero attached hydrogens (tertiary/aromatic N) is 1. The lowest BCUT2D eigenvalue weighted by Gasteiger charge is -2.23. The monoisotopic (exact) mass is 397 g/mol. The summed E-state index contributed by atoms with van der Waals surface area (Å²) in [5, 5.41) is 6.15. The van der Waals surface area contributed by atoms with Crippen LogP contribution in [0, 0.1) is 12.8 Å². The van der Waals surface area contributed by atoms with Gasteiger partial charge in [-0.05, 0) is 68.1 Å². The Bertz CT molecular complexity index is 945. The highest BCUT2D eigenvalue weighted by Gasteiger charge is 2.19. The van der Waals surface area contributed by atoms with E-state index in [4.69, 9.17) is 4.74 Å². The number of carbonyl (C=O) groups is 2. The topological polar surface area (TPSA) is 89.4 Å². The van der Waals surface area contributed by atoms with Crippen molar-refractivity contribution in [3.63, 3.8) is 0 Å². The lowest BCUT2D eigenvalue weighted by Crippen LogP contribution is -2.37. The van der Waals surface area contributed by atoms with E-state index in [-0.39, 0.29) is 17.7 Å². The van der Waals surface area contributed by atoms with Crippen molar-refractivity contribution in [1.82, 2.24) is 15.2 Å². The molecular weight excluding hydrogens is 370 g/mol. The van der Waals surface area contributed by atoms with Crippen LogP contribution < -0.4 is 16.2 Å². The first-order chi connectivity index (χ1) is 14.0. The Hall–Kier alpha value is -2.93. The van der Waals surface area contributed by atoms with Crippen LogP contribution in [0.2, 0.25) is 0 Å². The third-order valence-corrected chi connectivity index (χ3v) is 5.26. The highest BCUT2D eigenvalue weighted by Crippen LogP contribution is 2.13. The molecule has 1 atom stereocenters. The van der Waals surface area contributed by atoms with Crippen LogP contribution in [0.5, 0.6) is 0 Å². The fourth-order valence-electron chi connectivity index (χ4n) is 3.64. The van der Waals surface area contributed by atoms with Gasteiger partial charge in [0.1, 0.15) is 5.56 Å². The zero-order valence-electron chi connectivity index (χ0n) is 16.9. The summed E-state index contributed by atoms with van der Waals surface area (Å²) >= 11 is 0. The molecule has 1 saturated heterocycles. The molecule has 0 aliphatic carbocycles. The van der Waals surface area contributed by atoms with Crippen molar-refractivity contribution in [3.8, 4) is 0 Å². The summed E-state index contributed by atoms with van der Waals surface area (Å²) < 4.78 is 6.35. The fraction of sp³-hybridized carbons (Fsp3) is 0.409. The molecule has 1 unspecified atom stereocenters. The van der Waals surface area contributed by atoms with E-state index in [0.717, 1.165) is 31.5 Å². The van der Waals surface area contributed by atoms with Crippen LogP contribution in [-0.4, -0.2) is 36.6 Å². The summed E-state index contributed by atoms with van der Waals surface area (Å²) in [5.41, 5.74) is 1.72. The molecule has 29 heavy (non-hydrogen) atoms. The smallest absolute Gasteiger partial charge is 0.337 e. The number of aromatic nitrogens is 1. The van der Waals surface area contributed by atoms with E-state index in [1.165, 1.54) is 7.11 Å². The Labute approximate surface area is 170 Å². The molecule has 3 rings (SSSR count). The molecule has 1 fully saturated rings. The first-order valence-corrected chi connectivity index (χ1v) is 9.86. The molecule has 0 spiro atoms. The number of nitrogens with one attached hydrogen (secondary N) is 2. The second-order valence-corrected chi connectivity index (χ2v) is 7.42. The van der Waals surface area contributed by atoms with Gasteiger partial charge in [-0.1, -0.05) is 12.1 Å². The number of ether oxygens (including phenoxy) is 1. The lowest BCUT2D eigenvalue weighted by molar-refractivity contribution is 0.0600. The van der Waals surface area contributed by atoms with E-state index in [1.54, 1.807) is 42.0 Å². The Morgan fingerprint density at radius 3 is 2.86 bits per heavy atom. The molecule has 7 nitrogen and oxygen atoms in total. The van der Waals surface area contributed by atoms with Crippen molar-refractivity contribution < 1.29 is 14.3 Å². The number of esters is 1. The minimum absolute atomic E-state index is 0.167. The molecule has 2 N–H and O–H groups in total. The predicted octanol–water partition coefficient (Wildman–Crippen LogP) is 1.87. The maximum atomic E-state index is 12.9. The average Bonchev–Trinajstić information content (AvgIpc) is 2.74.